The molecule has 0 aromatic heterocycles. The maximum atomic E-state index is 13.1. The number of nitrogens with zero attached hydrogens (tertiary/aromatic N) is 3. The van der Waals surface area contributed by atoms with Gasteiger partial charge in [0.05, 0.1) is 16.8 Å². The summed E-state index contributed by atoms with van der Waals surface area (Å²) in [7, 11) is 0. The number of anilines is 1. The summed E-state index contributed by atoms with van der Waals surface area (Å²) >= 11 is 5.96. The van der Waals surface area contributed by atoms with Crippen molar-refractivity contribution in [2.75, 3.05) is 5.12 Å². The molecule has 1 heterocycles. The molecule has 0 fully saturated rings. The monoisotopic (exact) mass is 394 g/mol. The van der Waals surface area contributed by atoms with E-state index < -0.39 is 5.91 Å². The van der Waals surface area contributed by atoms with E-state index in [4.69, 9.17) is 11.6 Å². The zero-order valence-corrected chi connectivity index (χ0v) is 15.2. The number of hydrazine groups is 2. The fourth-order valence-corrected chi connectivity index (χ4v) is 2.88. The number of amidine groups is 1. The van der Waals surface area contributed by atoms with Crippen LogP contribution in [0.15, 0.2) is 77.9 Å². The van der Waals surface area contributed by atoms with E-state index in [0.717, 1.165) is 5.12 Å². The summed E-state index contributed by atoms with van der Waals surface area (Å²) in [6.07, 6.45) is 0. The molecular weight excluding hydrogens is 380 g/mol. The molecule has 1 aliphatic heterocycles. The highest BCUT2D eigenvalue weighted by molar-refractivity contribution is 6.30. The Balaban J connectivity index is 1.76. The third kappa shape index (κ3) is 3.19. The first-order valence-corrected chi connectivity index (χ1v) is 8.74. The summed E-state index contributed by atoms with van der Waals surface area (Å²) in [5.41, 5.74) is 3.98. The van der Waals surface area contributed by atoms with Gasteiger partial charge in [-0.1, -0.05) is 35.9 Å². The number of aromatic hydroxyl groups is 2. The second-order valence-electron chi connectivity index (χ2n) is 5.98. The van der Waals surface area contributed by atoms with Gasteiger partial charge in [-0.15, -0.1) is 15.3 Å². The zero-order chi connectivity index (χ0) is 19.7. The van der Waals surface area contributed by atoms with Crippen LogP contribution in [0.4, 0.5) is 5.69 Å². The number of phenolic OH excluding ortho intramolecular Hbond substituents is 2. The molecule has 140 valence electrons. The predicted octanol–water partition coefficient (Wildman–Crippen LogP) is 3.50. The number of nitrogens with one attached hydrogen (secondary N) is 1. The minimum atomic E-state index is -0.526. The zero-order valence-electron chi connectivity index (χ0n) is 14.5. The average Bonchev–Trinajstić information content (AvgIpc) is 3.14. The average molecular weight is 395 g/mol. The largest absolute Gasteiger partial charge is 0.507 e. The van der Waals surface area contributed by atoms with E-state index in [1.54, 1.807) is 54.6 Å². The van der Waals surface area contributed by atoms with Crippen molar-refractivity contribution in [2.24, 2.45) is 5.10 Å². The summed E-state index contributed by atoms with van der Waals surface area (Å²) in [5.74, 6) is -0.387. The van der Waals surface area contributed by atoms with Crippen LogP contribution in [0.5, 0.6) is 11.5 Å². The Labute approximate surface area is 165 Å². The molecule has 28 heavy (non-hydrogen) atoms. The fourth-order valence-electron chi connectivity index (χ4n) is 2.75. The van der Waals surface area contributed by atoms with Crippen molar-refractivity contribution in [1.29, 1.82) is 0 Å². The number of benzene rings is 3. The van der Waals surface area contributed by atoms with Crippen LogP contribution in [0.25, 0.3) is 0 Å². The maximum Gasteiger partial charge on any atom is 0.297 e. The van der Waals surface area contributed by atoms with Crippen molar-refractivity contribution >= 4 is 29.0 Å². The molecule has 0 aliphatic carbocycles. The molecule has 7 nitrogen and oxygen atoms in total. The van der Waals surface area contributed by atoms with Crippen LogP contribution in [0.3, 0.4) is 0 Å². The van der Waals surface area contributed by atoms with Crippen LogP contribution in [-0.2, 0) is 0 Å². The summed E-state index contributed by atoms with van der Waals surface area (Å²) in [6, 6.07) is 19.6. The van der Waals surface area contributed by atoms with Crippen molar-refractivity contribution < 1.29 is 15.0 Å². The van der Waals surface area contributed by atoms with Gasteiger partial charge < -0.3 is 10.2 Å². The number of hydrazone groups is 1. The van der Waals surface area contributed by atoms with Gasteiger partial charge in [0.15, 0.2) is 5.84 Å². The lowest BCUT2D eigenvalue weighted by Gasteiger charge is -2.26. The second-order valence-corrected chi connectivity index (χ2v) is 6.41. The Kier molecular flexibility index (Phi) is 4.50. The molecule has 1 aliphatic rings. The topological polar surface area (TPSA) is 88.4 Å². The Morgan fingerprint density at radius 2 is 1.54 bits per heavy atom. The van der Waals surface area contributed by atoms with Gasteiger partial charge >= 0.3 is 0 Å². The van der Waals surface area contributed by atoms with Gasteiger partial charge in [0, 0.05) is 5.02 Å². The minimum absolute atomic E-state index is 0.0154. The van der Waals surface area contributed by atoms with E-state index in [1.165, 1.54) is 23.3 Å². The number of para-hydroxylation sites is 2. The molecule has 0 atom stereocenters. The van der Waals surface area contributed by atoms with Crippen molar-refractivity contribution in [3.63, 3.8) is 0 Å². The Hall–Kier alpha value is -3.71. The molecule has 0 radical (unpaired) electrons. The van der Waals surface area contributed by atoms with Gasteiger partial charge in [-0.25, -0.2) is 0 Å². The van der Waals surface area contributed by atoms with Crippen LogP contribution < -0.4 is 10.5 Å². The van der Waals surface area contributed by atoms with Crippen LogP contribution in [0, 0.1) is 0 Å². The lowest BCUT2D eigenvalue weighted by atomic mass is 10.2. The van der Waals surface area contributed by atoms with Crippen molar-refractivity contribution in [3.8, 4) is 11.5 Å². The standard InChI is InChI=1S/C20H15ClN4O3/c21-13-9-11-14(12-10-13)24-22-19(15-5-1-3-7-17(15)26)23-25(24)20(28)16-6-2-4-8-18(16)27/h1-12,26-27H,(H,22,23). The third-order valence-electron chi connectivity index (χ3n) is 4.14. The number of carbonyl (C=O) groups excluding carboxylic acids is 1. The van der Waals surface area contributed by atoms with Gasteiger partial charge in [0.25, 0.3) is 5.91 Å². The highest BCUT2D eigenvalue weighted by Crippen LogP contribution is 2.27. The molecule has 0 bridgehead atoms. The number of halogens is 1. The molecule has 8 heteroatoms. The van der Waals surface area contributed by atoms with E-state index in [9.17, 15) is 15.0 Å². The van der Waals surface area contributed by atoms with Crippen LogP contribution in [0.1, 0.15) is 15.9 Å². The third-order valence-corrected chi connectivity index (χ3v) is 4.39. The van der Waals surface area contributed by atoms with Crippen LogP contribution in [-0.4, -0.2) is 27.1 Å². The first-order valence-electron chi connectivity index (χ1n) is 8.36. The van der Waals surface area contributed by atoms with Crippen LogP contribution in [0.2, 0.25) is 5.02 Å². The normalized spacial score (nSPS) is 13.2. The molecule has 0 spiro atoms. The smallest absolute Gasteiger partial charge is 0.297 e. The highest BCUT2D eigenvalue weighted by Gasteiger charge is 2.33. The first kappa shape index (κ1) is 17.7. The molecule has 3 aromatic rings. The minimum Gasteiger partial charge on any atom is -0.507 e. The Morgan fingerprint density at radius 1 is 0.893 bits per heavy atom. The van der Waals surface area contributed by atoms with Crippen LogP contribution >= 0.6 is 11.6 Å². The molecule has 3 N–H and O–H groups in total. The van der Waals surface area contributed by atoms with E-state index in [1.807, 2.05) is 0 Å². The molecular formula is C20H15ClN4O3. The SMILES string of the molecule is O=C(c1ccccc1O)N1NC(c2ccccc2O)=NN1c1ccc(Cl)cc1. The molecule has 3 aromatic carbocycles. The Morgan fingerprint density at radius 3 is 2.21 bits per heavy atom. The summed E-state index contributed by atoms with van der Waals surface area (Å²) in [4.78, 5) is 13.1. The number of amides is 1. The van der Waals surface area contributed by atoms with E-state index in [2.05, 4.69) is 10.5 Å². The van der Waals surface area contributed by atoms with Gasteiger partial charge in [0.1, 0.15) is 11.5 Å². The Bertz CT molecular complexity index is 1070. The highest BCUT2D eigenvalue weighted by atomic mass is 35.5. The van der Waals surface area contributed by atoms with E-state index in [0.29, 0.717) is 16.3 Å². The lowest BCUT2D eigenvalue weighted by molar-refractivity contribution is 0.0706. The van der Waals surface area contributed by atoms with E-state index >= 15 is 0 Å². The van der Waals surface area contributed by atoms with Crippen molar-refractivity contribution in [1.82, 2.24) is 10.5 Å². The van der Waals surface area contributed by atoms with Gasteiger partial charge in [-0.2, -0.15) is 0 Å². The number of hydrogen-bond donors (Lipinski definition) is 3. The molecule has 0 saturated carbocycles. The van der Waals surface area contributed by atoms with Gasteiger partial charge in [-0.05, 0) is 48.5 Å². The number of phenols is 2. The quantitative estimate of drug-likeness (QED) is 0.632. The predicted molar refractivity (Wildman–Crippen MR) is 106 cm³/mol. The first-order chi connectivity index (χ1) is 13.5. The number of hydrogen-bond acceptors (Lipinski definition) is 6. The number of rotatable bonds is 3. The van der Waals surface area contributed by atoms with Crippen molar-refractivity contribution in [3.05, 3.63) is 88.9 Å². The number of carbonyl (C=O) groups is 1. The molecule has 1 amide bonds. The maximum absolute atomic E-state index is 13.1. The molecule has 0 unspecified atom stereocenters. The molecule has 0 saturated heterocycles. The summed E-state index contributed by atoms with van der Waals surface area (Å²) in [6.45, 7) is 0. The lowest BCUT2D eigenvalue weighted by Crippen LogP contribution is -2.48. The summed E-state index contributed by atoms with van der Waals surface area (Å²) in [5, 5.41) is 27.7. The van der Waals surface area contributed by atoms with Crippen molar-refractivity contribution in [2.45, 2.75) is 0 Å². The second kappa shape index (κ2) is 7.13. The fraction of sp³-hybridized carbons (Fsp3) is 0. The summed E-state index contributed by atoms with van der Waals surface area (Å²) < 4.78 is 0. The van der Waals surface area contributed by atoms with E-state index in [-0.39, 0.29) is 22.9 Å². The van der Waals surface area contributed by atoms with Gasteiger partial charge in [-0.3, -0.25) is 10.2 Å². The van der Waals surface area contributed by atoms with Gasteiger partial charge in [0.2, 0.25) is 0 Å². The molecule has 4 rings (SSSR count).